The summed E-state index contributed by atoms with van der Waals surface area (Å²) in [5.74, 6) is -0.342. The topological polar surface area (TPSA) is 92.8 Å². The van der Waals surface area contributed by atoms with E-state index in [0.717, 1.165) is 5.39 Å². The highest BCUT2D eigenvalue weighted by atomic mass is 35.5. The van der Waals surface area contributed by atoms with Crippen molar-refractivity contribution in [3.8, 4) is 17.2 Å². The fourth-order valence-corrected chi connectivity index (χ4v) is 2.95. The largest absolute Gasteiger partial charge is 0.380 e. The predicted molar refractivity (Wildman–Crippen MR) is 102 cm³/mol. The first-order chi connectivity index (χ1) is 13.1. The molecule has 0 aliphatic heterocycles. The van der Waals surface area contributed by atoms with Gasteiger partial charge in [-0.3, -0.25) is 9.48 Å². The van der Waals surface area contributed by atoms with Crippen LogP contribution in [0.15, 0.2) is 30.5 Å². The minimum absolute atomic E-state index is 0.205. The Bertz CT molecular complexity index is 1040. The second-order valence-electron chi connectivity index (χ2n) is 5.79. The summed E-state index contributed by atoms with van der Waals surface area (Å²) in [5, 5.41) is 17.5. The van der Waals surface area contributed by atoms with Crippen molar-refractivity contribution >= 4 is 28.4 Å². The molecular weight excluding hydrogens is 366 g/mol. The van der Waals surface area contributed by atoms with Crippen LogP contribution in [0.1, 0.15) is 23.0 Å². The van der Waals surface area contributed by atoms with Gasteiger partial charge < -0.3 is 10.1 Å². The SMILES string of the molecule is CCOCCNC(=O)c1cc(-c2cnn(C)c2Cl)c2cccc(C#N)c2n1. The Labute approximate surface area is 161 Å². The van der Waals surface area contributed by atoms with Crippen LogP contribution in [0.5, 0.6) is 0 Å². The molecule has 8 heteroatoms. The standard InChI is InChI=1S/C19H18ClN5O2/c1-3-27-8-7-22-19(26)16-9-14(15-11-23-25(2)18(15)20)13-6-4-5-12(10-21)17(13)24-16/h4-6,9,11H,3,7-8H2,1-2H3,(H,22,26). The van der Waals surface area contributed by atoms with E-state index in [1.807, 2.05) is 13.0 Å². The highest BCUT2D eigenvalue weighted by Crippen LogP contribution is 2.34. The van der Waals surface area contributed by atoms with E-state index in [2.05, 4.69) is 21.5 Å². The molecule has 138 valence electrons. The number of nitrogens with one attached hydrogen (secondary N) is 1. The van der Waals surface area contributed by atoms with E-state index in [9.17, 15) is 10.1 Å². The number of carbonyl (C=O) groups is 1. The van der Waals surface area contributed by atoms with Crippen LogP contribution in [0.3, 0.4) is 0 Å². The molecule has 3 rings (SSSR count). The van der Waals surface area contributed by atoms with Crippen LogP contribution >= 0.6 is 11.6 Å². The number of aromatic nitrogens is 3. The number of rotatable bonds is 6. The number of pyridine rings is 1. The van der Waals surface area contributed by atoms with E-state index in [-0.39, 0.29) is 11.6 Å². The van der Waals surface area contributed by atoms with Gasteiger partial charge in [-0.05, 0) is 24.6 Å². The lowest BCUT2D eigenvalue weighted by Gasteiger charge is -2.11. The lowest BCUT2D eigenvalue weighted by Crippen LogP contribution is -2.28. The number of benzene rings is 1. The maximum absolute atomic E-state index is 12.6. The zero-order chi connectivity index (χ0) is 19.4. The summed E-state index contributed by atoms with van der Waals surface area (Å²) in [6.45, 7) is 3.26. The summed E-state index contributed by atoms with van der Waals surface area (Å²) >= 11 is 6.37. The maximum Gasteiger partial charge on any atom is 0.270 e. The summed E-state index contributed by atoms with van der Waals surface area (Å²) in [6.07, 6.45) is 1.63. The zero-order valence-electron chi connectivity index (χ0n) is 15.0. The van der Waals surface area contributed by atoms with Crippen molar-refractivity contribution in [2.75, 3.05) is 19.8 Å². The normalized spacial score (nSPS) is 10.7. The molecule has 1 aromatic carbocycles. The number of carbonyl (C=O) groups excluding carboxylic acids is 1. The van der Waals surface area contributed by atoms with Crippen molar-refractivity contribution in [1.82, 2.24) is 20.1 Å². The average molecular weight is 384 g/mol. The van der Waals surface area contributed by atoms with Gasteiger partial charge in [0.25, 0.3) is 5.91 Å². The van der Waals surface area contributed by atoms with Crippen LogP contribution in [-0.2, 0) is 11.8 Å². The second kappa shape index (κ2) is 8.16. The van der Waals surface area contributed by atoms with Gasteiger partial charge in [0.15, 0.2) is 0 Å². The fourth-order valence-electron chi connectivity index (χ4n) is 2.75. The number of fused-ring (bicyclic) bond motifs is 1. The molecule has 0 saturated carbocycles. The van der Waals surface area contributed by atoms with Crippen molar-refractivity contribution in [3.05, 3.63) is 46.9 Å². The minimum atomic E-state index is -0.342. The van der Waals surface area contributed by atoms with Gasteiger partial charge >= 0.3 is 0 Å². The summed E-state index contributed by atoms with van der Waals surface area (Å²) in [5.41, 5.74) is 2.41. The third-order valence-electron chi connectivity index (χ3n) is 4.09. The number of aryl methyl sites for hydroxylation is 1. The first kappa shape index (κ1) is 18.8. The van der Waals surface area contributed by atoms with E-state index in [4.69, 9.17) is 16.3 Å². The van der Waals surface area contributed by atoms with Crippen molar-refractivity contribution in [1.29, 1.82) is 5.26 Å². The predicted octanol–water partition coefficient (Wildman–Crippen LogP) is 2.93. The number of ether oxygens (including phenoxy) is 1. The molecule has 2 aromatic heterocycles. The summed E-state index contributed by atoms with van der Waals surface area (Å²) in [6, 6.07) is 9.08. The Balaban J connectivity index is 2.12. The molecule has 1 amide bonds. The highest BCUT2D eigenvalue weighted by Gasteiger charge is 2.18. The highest BCUT2D eigenvalue weighted by molar-refractivity contribution is 6.32. The third-order valence-corrected chi connectivity index (χ3v) is 4.53. The van der Waals surface area contributed by atoms with Crippen molar-refractivity contribution in [2.45, 2.75) is 6.92 Å². The molecule has 2 heterocycles. The number of halogens is 1. The molecule has 0 aliphatic carbocycles. The van der Waals surface area contributed by atoms with Crippen LogP contribution in [-0.4, -0.2) is 40.4 Å². The smallest absolute Gasteiger partial charge is 0.270 e. The Hall–Kier alpha value is -2.95. The number of hydrogen-bond donors (Lipinski definition) is 1. The van der Waals surface area contributed by atoms with Crippen LogP contribution in [0, 0.1) is 11.3 Å². The van der Waals surface area contributed by atoms with Crippen molar-refractivity contribution in [3.63, 3.8) is 0 Å². The number of hydrogen-bond acceptors (Lipinski definition) is 5. The van der Waals surface area contributed by atoms with Crippen molar-refractivity contribution < 1.29 is 9.53 Å². The van der Waals surface area contributed by atoms with Gasteiger partial charge in [-0.1, -0.05) is 23.7 Å². The molecule has 0 spiro atoms. The van der Waals surface area contributed by atoms with Gasteiger partial charge in [0.05, 0.1) is 23.9 Å². The molecule has 0 atom stereocenters. The molecule has 0 radical (unpaired) electrons. The monoisotopic (exact) mass is 383 g/mol. The van der Waals surface area contributed by atoms with Crippen LogP contribution < -0.4 is 5.32 Å². The molecular formula is C19H18ClN5O2. The minimum Gasteiger partial charge on any atom is -0.380 e. The van der Waals surface area contributed by atoms with Crippen LogP contribution in [0.25, 0.3) is 22.0 Å². The number of nitriles is 1. The molecule has 0 saturated heterocycles. The van der Waals surface area contributed by atoms with E-state index in [1.54, 1.807) is 36.1 Å². The molecule has 27 heavy (non-hydrogen) atoms. The Morgan fingerprint density at radius 2 is 2.22 bits per heavy atom. The quantitative estimate of drug-likeness (QED) is 0.660. The Morgan fingerprint density at radius 3 is 2.89 bits per heavy atom. The maximum atomic E-state index is 12.6. The van der Waals surface area contributed by atoms with E-state index in [0.29, 0.717) is 47.1 Å². The van der Waals surface area contributed by atoms with E-state index >= 15 is 0 Å². The molecule has 0 aliphatic rings. The fraction of sp³-hybridized carbons (Fsp3) is 0.263. The summed E-state index contributed by atoms with van der Waals surface area (Å²) < 4.78 is 6.77. The molecule has 0 unspecified atom stereocenters. The van der Waals surface area contributed by atoms with Gasteiger partial charge in [0.2, 0.25) is 0 Å². The molecule has 0 bridgehead atoms. The van der Waals surface area contributed by atoms with Gasteiger partial charge in [0.1, 0.15) is 16.9 Å². The van der Waals surface area contributed by atoms with Crippen LogP contribution in [0.4, 0.5) is 0 Å². The molecule has 1 N–H and O–H groups in total. The first-order valence-electron chi connectivity index (χ1n) is 8.44. The zero-order valence-corrected chi connectivity index (χ0v) is 15.7. The lowest BCUT2D eigenvalue weighted by atomic mass is 10.0. The summed E-state index contributed by atoms with van der Waals surface area (Å²) in [4.78, 5) is 17.0. The Kier molecular flexibility index (Phi) is 5.69. The Morgan fingerprint density at radius 1 is 1.41 bits per heavy atom. The lowest BCUT2D eigenvalue weighted by molar-refractivity contribution is 0.0918. The van der Waals surface area contributed by atoms with E-state index in [1.165, 1.54) is 0 Å². The van der Waals surface area contributed by atoms with E-state index < -0.39 is 0 Å². The van der Waals surface area contributed by atoms with Crippen LogP contribution in [0.2, 0.25) is 5.15 Å². The molecule has 0 fully saturated rings. The van der Waals surface area contributed by atoms with Gasteiger partial charge in [-0.15, -0.1) is 0 Å². The number of nitrogens with zero attached hydrogens (tertiary/aromatic N) is 4. The summed E-state index contributed by atoms with van der Waals surface area (Å²) in [7, 11) is 1.73. The third kappa shape index (κ3) is 3.77. The first-order valence-corrected chi connectivity index (χ1v) is 8.82. The average Bonchev–Trinajstić information content (AvgIpc) is 3.02. The van der Waals surface area contributed by atoms with Gasteiger partial charge in [-0.2, -0.15) is 10.4 Å². The number of para-hydroxylation sites is 1. The van der Waals surface area contributed by atoms with Crippen molar-refractivity contribution in [2.24, 2.45) is 7.05 Å². The second-order valence-corrected chi connectivity index (χ2v) is 6.15. The molecule has 3 aromatic rings. The van der Waals surface area contributed by atoms with Gasteiger partial charge in [-0.25, -0.2) is 4.98 Å². The molecule has 7 nitrogen and oxygen atoms in total. The van der Waals surface area contributed by atoms with Gasteiger partial charge in [0, 0.05) is 31.1 Å². The number of amides is 1.